The van der Waals surface area contributed by atoms with E-state index >= 15 is 0 Å². The Kier molecular flexibility index (Phi) is 4.28. The fourth-order valence-electron chi connectivity index (χ4n) is 4.70. The average molecular weight is 451 g/mol. The molecule has 0 aliphatic heterocycles. The number of benzene rings is 2. The number of hydrogen-bond donors (Lipinski definition) is 3. The molecule has 3 N–H and O–H groups in total. The van der Waals surface area contributed by atoms with Crippen LogP contribution >= 0.6 is 0 Å². The van der Waals surface area contributed by atoms with Crippen molar-refractivity contribution >= 4 is 38.6 Å². The zero-order chi connectivity index (χ0) is 23.4. The van der Waals surface area contributed by atoms with Gasteiger partial charge in [-0.3, -0.25) is 9.59 Å². The second kappa shape index (κ2) is 7.35. The van der Waals surface area contributed by atoms with Gasteiger partial charge in [0.05, 0.1) is 29.3 Å². The van der Waals surface area contributed by atoms with Crippen LogP contribution < -0.4 is 11.1 Å². The van der Waals surface area contributed by atoms with Gasteiger partial charge in [-0.25, -0.2) is 4.79 Å². The fourth-order valence-corrected chi connectivity index (χ4v) is 4.70. The van der Waals surface area contributed by atoms with E-state index < -0.39 is 11.5 Å². The quantitative estimate of drug-likeness (QED) is 0.368. The number of furan rings is 1. The molecule has 34 heavy (non-hydrogen) atoms. The molecule has 2 aromatic carbocycles. The van der Waals surface area contributed by atoms with Crippen molar-refractivity contribution in [2.45, 2.75) is 6.54 Å². The van der Waals surface area contributed by atoms with E-state index in [1.807, 2.05) is 36.4 Å². The molecule has 0 fully saturated rings. The number of aromatic nitrogens is 3. The zero-order valence-corrected chi connectivity index (χ0v) is 17.7. The normalized spacial score (nSPS) is 11.5. The van der Waals surface area contributed by atoms with E-state index in [9.17, 15) is 19.5 Å². The van der Waals surface area contributed by atoms with Crippen molar-refractivity contribution in [3.63, 3.8) is 0 Å². The van der Waals surface area contributed by atoms with Gasteiger partial charge in [-0.2, -0.15) is 0 Å². The van der Waals surface area contributed by atoms with Crippen molar-refractivity contribution in [3.8, 4) is 11.1 Å². The molecule has 0 amide bonds. The number of hydrogen-bond acceptors (Lipinski definition) is 4. The van der Waals surface area contributed by atoms with Crippen molar-refractivity contribution in [1.29, 1.82) is 0 Å². The van der Waals surface area contributed by atoms with Gasteiger partial charge in [0, 0.05) is 34.3 Å². The summed E-state index contributed by atoms with van der Waals surface area (Å²) in [5.74, 6) is -1.20. The van der Waals surface area contributed by atoms with E-state index in [-0.39, 0.29) is 28.9 Å². The molecular formula is C26H17N3O5. The Morgan fingerprint density at radius 3 is 2.68 bits per heavy atom. The molecule has 0 aliphatic rings. The lowest BCUT2D eigenvalue weighted by molar-refractivity contribution is 0.0687. The standard InChI is InChI=1S/C26H17N3O5/c30-20-12-15-4-1-2-5-16(15)18(28-20)13-29-19-8-7-14-9-11-34-24(14)22(19)21(23(29)26(32)33)17-6-3-10-27-25(17)31/h1-12H,13H2,(H,27,31)(H,28,30)(H,32,33). The number of aromatic carboxylic acids is 1. The summed E-state index contributed by atoms with van der Waals surface area (Å²) < 4.78 is 7.35. The number of carboxylic acid groups (broad SMARTS) is 1. The van der Waals surface area contributed by atoms with Gasteiger partial charge in [0.2, 0.25) is 5.56 Å². The summed E-state index contributed by atoms with van der Waals surface area (Å²) in [6.07, 6.45) is 3.03. The molecule has 0 aliphatic carbocycles. The zero-order valence-electron chi connectivity index (χ0n) is 17.7. The number of aromatic amines is 2. The maximum Gasteiger partial charge on any atom is 0.353 e. The maximum absolute atomic E-state index is 12.8. The fraction of sp³-hybridized carbons (Fsp3) is 0.0385. The number of fused-ring (bicyclic) bond motifs is 4. The average Bonchev–Trinajstić information content (AvgIpc) is 3.42. The molecule has 6 aromatic rings. The highest BCUT2D eigenvalue weighted by atomic mass is 16.4. The molecule has 6 rings (SSSR count). The lowest BCUT2D eigenvalue weighted by Gasteiger charge is -2.11. The van der Waals surface area contributed by atoms with E-state index in [4.69, 9.17) is 4.42 Å². The van der Waals surface area contributed by atoms with Crippen LogP contribution in [-0.2, 0) is 6.54 Å². The first-order valence-electron chi connectivity index (χ1n) is 10.6. The van der Waals surface area contributed by atoms with Gasteiger partial charge in [0.25, 0.3) is 5.56 Å². The molecule has 0 spiro atoms. The first kappa shape index (κ1) is 19.8. The van der Waals surface area contributed by atoms with Crippen LogP contribution in [-0.4, -0.2) is 25.6 Å². The second-order valence-electron chi connectivity index (χ2n) is 8.03. The molecule has 166 valence electrons. The van der Waals surface area contributed by atoms with Crippen molar-refractivity contribution in [1.82, 2.24) is 14.5 Å². The Bertz CT molecular complexity index is 1870. The molecule has 4 aromatic heterocycles. The number of nitrogens with one attached hydrogen (secondary N) is 2. The van der Waals surface area contributed by atoms with Crippen LogP contribution in [0, 0.1) is 0 Å². The van der Waals surface area contributed by atoms with Crippen LogP contribution in [0.2, 0.25) is 0 Å². The van der Waals surface area contributed by atoms with Crippen molar-refractivity contribution in [2.24, 2.45) is 0 Å². The second-order valence-corrected chi connectivity index (χ2v) is 8.03. The Morgan fingerprint density at radius 1 is 1.00 bits per heavy atom. The molecule has 0 unspecified atom stereocenters. The minimum absolute atomic E-state index is 0.0654. The Labute approximate surface area is 190 Å². The molecule has 0 saturated carbocycles. The van der Waals surface area contributed by atoms with Crippen LogP contribution in [0.1, 0.15) is 16.2 Å². The number of rotatable bonds is 4. The third kappa shape index (κ3) is 2.89. The molecular weight excluding hydrogens is 434 g/mol. The highest BCUT2D eigenvalue weighted by Gasteiger charge is 2.28. The molecule has 8 heteroatoms. The van der Waals surface area contributed by atoms with Crippen molar-refractivity contribution < 1.29 is 14.3 Å². The first-order chi connectivity index (χ1) is 16.5. The van der Waals surface area contributed by atoms with Crippen molar-refractivity contribution in [2.75, 3.05) is 0 Å². The molecule has 0 radical (unpaired) electrons. The minimum atomic E-state index is -1.20. The summed E-state index contributed by atoms with van der Waals surface area (Å²) in [7, 11) is 0. The van der Waals surface area contributed by atoms with Gasteiger partial charge in [-0.1, -0.05) is 24.3 Å². The van der Waals surface area contributed by atoms with Gasteiger partial charge < -0.3 is 24.1 Å². The largest absolute Gasteiger partial charge is 0.477 e. The predicted octanol–water partition coefficient (Wildman–Crippen LogP) is 4.33. The van der Waals surface area contributed by atoms with Gasteiger partial charge in [-0.15, -0.1) is 0 Å². The van der Waals surface area contributed by atoms with Gasteiger partial charge in [0.15, 0.2) is 0 Å². The highest BCUT2D eigenvalue weighted by molar-refractivity contribution is 6.17. The van der Waals surface area contributed by atoms with E-state index in [0.717, 1.165) is 16.2 Å². The van der Waals surface area contributed by atoms with Gasteiger partial charge in [0.1, 0.15) is 11.3 Å². The van der Waals surface area contributed by atoms with E-state index in [1.165, 1.54) is 18.5 Å². The summed E-state index contributed by atoms with van der Waals surface area (Å²) in [5, 5.41) is 13.2. The number of nitrogens with zero attached hydrogens (tertiary/aromatic N) is 1. The molecule has 8 nitrogen and oxygen atoms in total. The summed E-state index contributed by atoms with van der Waals surface area (Å²) in [5.41, 5.74) is 1.36. The number of pyridine rings is 2. The van der Waals surface area contributed by atoms with E-state index in [1.54, 1.807) is 22.8 Å². The van der Waals surface area contributed by atoms with Crippen LogP contribution in [0.3, 0.4) is 0 Å². The minimum Gasteiger partial charge on any atom is -0.477 e. The van der Waals surface area contributed by atoms with Crippen LogP contribution in [0.5, 0.6) is 0 Å². The van der Waals surface area contributed by atoms with E-state index in [0.29, 0.717) is 22.2 Å². The van der Waals surface area contributed by atoms with Crippen molar-refractivity contribution in [3.05, 3.63) is 105 Å². The topological polar surface area (TPSA) is 121 Å². The SMILES string of the molecule is O=C(O)c1c(-c2ccc[nH]c2=O)c2c3occc3ccc2n1Cc1[nH]c(=O)cc2ccccc12. The lowest BCUT2D eigenvalue weighted by atomic mass is 10.0. The smallest absolute Gasteiger partial charge is 0.353 e. The number of carboxylic acids is 1. The molecule has 0 saturated heterocycles. The van der Waals surface area contributed by atoms with Crippen LogP contribution in [0.4, 0.5) is 0 Å². The summed E-state index contributed by atoms with van der Waals surface area (Å²) in [6, 6.07) is 17.6. The molecule has 4 heterocycles. The monoisotopic (exact) mass is 451 g/mol. The highest BCUT2D eigenvalue weighted by Crippen LogP contribution is 2.39. The van der Waals surface area contributed by atoms with Gasteiger partial charge >= 0.3 is 5.97 Å². The van der Waals surface area contributed by atoms with E-state index in [2.05, 4.69) is 9.97 Å². The predicted molar refractivity (Wildman–Crippen MR) is 128 cm³/mol. The third-order valence-corrected chi connectivity index (χ3v) is 6.10. The molecule has 0 atom stereocenters. The molecule has 0 bridgehead atoms. The summed E-state index contributed by atoms with van der Waals surface area (Å²) >= 11 is 0. The van der Waals surface area contributed by atoms with Gasteiger partial charge in [-0.05, 0) is 35.7 Å². The Hall–Kier alpha value is -4.85. The number of carbonyl (C=O) groups is 1. The first-order valence-corrected chi connectivity index (χ1v) is 10.6. The third-order valence-electron chi connectivity index (χ3n) is 6.10. The Balaban J connectivity index is 1.75. The Morgan fingerprint density at radius 2 is 1.85 bits per heavy atom. The summed E-state index contributed by atoms with van der Waals surface area (Å²) in [4.78, 5) is 43.3. The number of H-pyrrole nitrogens is 2. The van der Waals surface area contributed by atoms with Crippen LogP contribution in [0.15, 0.2) is 87.1 Å². The summed E-state index contributed by atoms with van der Waals surface area (Å²) in [6.45, 7) is 0.0751. The lowest BCUT2D eigenvalue weighted by Crippen LogP contribution is -2.16. The maximum atomic E-state index is 12.8. The van der Waals surface area contributed by atoms with Crippen LogP contribution in [0.25, 0.3) is 43.8 Å².